The molecule has 7 heteroatoms. The fourth-order valence-electron chi connectivity index (χ4n) is 2.95. The molecule has 132 valence electrons. The average Bonchev–Trinajstić information content (AvgIpc) is 2.53. The molecular formula is C18H19F2N3O2. The van der Waals surface area contributed by atoms with Crippen LogP contribution in [0, 0.1) is 25.5 Å². The van der Waals surface area contributed by atoms with Crippen LogP contribution in [0.25, 0.3) is 0 Å². The van der Waals surface area contributed by atoms with Crippen molar-refractivity contribution in [3.63, 3.8) is 0 Å². The number of ether oxygens (including phenoxy) is 1. The molecule has 1 aliphatic rings. The number of hydrogen-bond donors (Lipinski definition) is 0. The van der Waals surface area contributed by atoms with E-state index in [2.05, 4.69) is 9.97 Å². The summed E-state index contributed by atoms with van der Waals surface area (Å²) in [6.45, 7) is 4.53. The van der Waals surface area contributed by atoms with E-state index in [4.69, 9.17) is 4.74 Å². The zero-order valence-corrected chi connectivity index (χ0v) is 14.1. The molecule has 1 aromatic carbocycles. The number of aromatic nitrogens is 2. The van der Waals surface area contributed by atoms with E-state index in [0.29, 0.717) is 19.2 Å². The molecule has 1 fully saturated rings. The molecule has 0 saturated carbocycles. The van der Waals surface area contributed by atoms with Crippen molar-refractivity contribution in [2.45, 2.75) is 32.8 Å². The van der Waals surface area contributed by atoms with Crippen molar-refractivity contribution in [3.05, 3.63) is 52.9 Å². The Morgan fingerprint density at radius 2 is 1.92 bits per heavy atom. The quantitative estimate of drug-likeness (QED) is 0.856. The van der Waals surface area contributed by atoms with Crippen LogP contribution in [0.5, 0.6) is 6.01 Å². The summed E-state index contributed by atoms with van der Waals surface area (Å²) in [6.07, 6.45) is 1.22. The molecule has 0 N–H and O–H groups in total. The van der Waals surface area contributed by atoms with E-state index >= 15 is 0 Å². The number of halogens is 2. The van der Waals surface area contributed by atoms with Crippen LogP contribution in [0.1, 0.15) is 34.6 Å². The standard InChI is InChI=1S/C18H19F2N3O2/c1-11-8-12(2)22-18(21-11)25-14-4-3-7-23(10-14)17(24)15-6-5-13(19)9-16(15)20/h5-6,8-9,14H,3-4,7,10H2,1-2H3. The molecule has 0 spiro atoms. The first-order valence-corrected chi connectivity index (χ1v) is 8.15. The summed E-state index contributed by atoms with van der Waals surface area (Å²) in [5.41, 5.74) is 1.48. The Labute approximate surface area is 144 Å². The number of nitrogens with zero attached hydrogens (tertiary/aromatic N) is 3. The topological polar surface area (TPSA) is 55.3 Å². The molecule has 1 aromatic heterocycles. The fraction of sp³-hybridized carbons (Fsp3) is 0.389. The fourth-order valence-corrected chi connectivity index (χ4v) is 2.95. The maximum atomic E-state index is 13.8. The lowest BCUT2D eigenvalue weighted by molar-refractivity contribution is 0.0511. The SMILES string of the molecule is Cc1cc(C)nc(OC2CCCN(C(=O)c3ccc(F)cc3F)C2)n1. The predicted octanol–water partition coefficient (Wildman–Crippen LogP) is 3.06. The first-order chi connectivity index (χ1) is 11.9. The van der Waals surface area contributed by atoms with Crippen LogP contribution in [-0.4, -0.2) is 40.0 Å². The lowest BCUT2D eigenvalue weighted by Crippen LogP contribution is -2.44. The molecule has 1 unspecified atom stereocenters. The van der Waals surface area contributed by atoms with Crippen LogP contribution in [0.15, 0.2) is 24.3 Å². The third kappa shape index (κ3) is 4.10. The average molecular weight is 347 g/mol. The number of aryl methyl sites for hydroxylation is 2. The van der Waals surface area contributed by atoms with Gasteiger partial charge in [0, 0.05) is 24.0 Å². The number of likely N-dealkylation sites (tertiary alicyclic amines) is 1. The third-order valence-electron chi connectivity index (χ3n) is 4.06. The van der Waals surface area contributed by atoms with Crippen LogP contribution in [0.4, 0.5) is 8.78 Å². The second-order valence-electron chi connectivity index (χ2n) is 6.19. The largest absolute Gasteiger partial charge is 0.458 e. The van der Waals surface area contributed by atoms with Crippen molar-refractivity contribution >= 4 is 5.91 Å². The molecule has 1 saturated heterocycles. The lowest BCUT2D eigenvalue weighted by atomic mass is 10.1. The van der Waals surface area contributed by atoms with Crippen molar-refractivity contribution in [2.24, 2.45) is 0 Å². The van der Waals surface area contributed by atoms with Gasteiger partial charge in [-0.25, -0.2) is 18.7 Å². The highest BCUT2D eigenvalue weighted by molar-refractivity contribution is 5.94. The number of rotatable bonds is 3. The molecule has 1 amide bonds. The minimum absolute atomic E-state index is 0.135. The van der Waals surface area contributed by atoms with Gasteiger partial charge >= 0.3 is 6.01 Å². The Hall–Kier alpha value is -2.57. The van der Waals surface area contributed by atoms with Crippen molar-refractivity contribution < 1.29 is 18.3 Å². The molecule has 25 heavy (non-hydrogen) atoms. The summed E-state index contributed by atoms with van der Waals surface area (Å²) in [5, 5.41) is 0. The molecule has 2 heterocycles. The molecular weight excluding hydrogens is 328 g/mol. The Morgan fingerprint density at radius 3 is 2.60 bits per heavy atom. The van der Waals surface area contributed by atoms with Gasteiger partial charge in [-0.05, 0) is 44.9 Å². The molecule has 1 aliphatic heterocycles. The number of benzene rings is 1. The molecule has 3 rings (SSSR count). The first kappa shape index (κ1) is 17.3. The Morgan fingerprint density at radius 1 is 1.20 bits per heavy atom. The summed E-state index contributed by atoms with van der Waals surface area (Å²) in [5.74, 6) is -2.03. The van der Waals surface area contributed by atoms with Crippen LogP contribution in [-0.2, 0) is 0 Å². The number of piperidine rings is 1. The smallest absolute Gasteiger partial charge is 0.317 e. The third-order valence-corrected chi connectivity index (χ3v) is 4.06. The first-order valence-electron chi connectivity index (χ1n) is 8.15. The molecule has 0 radical (unpaired) electrons. The highest BCUT2D eigenvalue weighted by Crippen LogP contribution is 2.19. The Bertz CT molecular complexity index is 778. The van der Waals surface area contributed by atoms with Crippen LogP contribution >= 0.6 is 0 Å². The summed E-state index contributed by atoms with van der Waals surface area (Å²) in [6, 6.07) is 5.10. The van der Waals surface area contributed by atoms with E-state index < -0.39 is 17.5 Å². The second-order valence-corrected chi connectivity index (χ2v) is 6.19. The van der Waals surface area contributed by atoms with E-state index in [1.165, 1.54) is 11.0 Å². The van der Waals surface area contributed by atoms with Gasteiger partial charge in [-0.3, -0.25) is 4.79 Å². The maximum Gasteiger partial charge on any atom is 0.317 e. The van der Waals surface area contributed by atoms with Crippen LogP contribution in [0.3, 0.4) is 0 Å². The van der Waals surface area contributed by atoms with Crippen molar-refractivity contribution in [1.29, 1.82) is 0 Å². The van der Waals surface area contributed by atoms with Gasteiger partial charge in [0.2, 0.25) is 0 Å². The normalized spacial score (nSPS) is 17.4. The van der Waals surface area contributed by atoms with Crippen LogP contribution in [0.2, 0.25) is 0 Å². The lowest BCUT2D eigenvalue weighted by Gasteiger charge is -2.32. The summed E-state index contributed by atoms with van der Waals surface area (Å²) >= 11 is 0. The zero-order valence-electron chi connectivity index (χ0n) is 14.1. The number of carbonyl (C=O) groups is 1. The minimum atomic E-state index is -0.856. The molecule has 5 nitrogen and oxygen atoms in total. The minimum Gasteiger partial charge on any atom is -0.458 e. The van der Waals surface area contributed by atoms with E-state index in [0.717, 1.165) is 30.3 Å². The van der Waals surface area contributed by atoms with Gasteiger partial charge in [0.1, 0.15) is 17.7 Å². The van der Waals surface area contributed by atoms with Gasteiger partial charge in [0.15, 0.2) is 0 Å². The van der Waals surface area contributed by atoms with Gasteiger partial charge < -0.3 is 9.64 Å². The number of carbonyl (C=O) groups excluding carboxylic acids is 1. The highest BCUT2D eigenvalue weighted by Gasteiger charge is 2.27. The summed E-state index contributed by atoms with van der Waals surface area (Å²) in [4.78, 5) is 22.5. The molecule has 1 atom stereocenters. The molecule has 2 aromatic rings. The maximum absolute atomic E-state index is 13.8. The monoisotopic (exact) mass is 347 g/mol. The molecule has 0 aliphatic carbocycles. The number of amides is 1. The van der Waals surface area contributed by atoms with E-state index in [9.17, 15) is 13.6 Å². The van der Waals surface area contributed by atoms with Gasteiger partial charge in [-0.15, -0.1) is 0 Å². The van der Waals surface area contributed by atoms with E-state index in [-0.39, 0.29) is 17.7 Å². The van der Waals surface area contributed by atoms with Crippen molar-refractivity contribution in [1.82, 2.24) is 14.9 Å². The predicted molar refractivity (Wildman–Crippen MR) is 87.4 cm³/mol. The van der Waals surface area contributed by atoms with Gasteiger partial charge in [0.25, 0.3) is 5.91 Å². The zero-order chi connectivity index (χ0) is 18.0. The Kier molecular flexibility index (Phi) is 4.92. The van der Waals surface area contributed by atoms with Gasteiger partial charge in [-0.2, -0.15) is 0 Å². The summed E-state index contributed by atoms with van der Waals surface area (Å²) < 4.78 is 32.7. The Balaban J connectivity index is 1.71. The van der Waals surface area contributed by atoms with Gasteiger partial charge in [0.05, 0.1) is 12.1 Å². The van der Waals surface area contributed by atoms with Crippen molar-refractivity contribution in [2.75, 3.05) is 13.1 Å². The number of hydrogen-bond acceptors (Lipinski definition) is 4. The van der Waals surface area contributed by atoms with Gasteiger partial charge in [-0.1, -0.05) is 0 Å². The molecule has 0 bridgehead atoms. The van der Waals surface area contributed by atoms with E-state index in [1.807, 2.05) is 19.9 Å². The van der Waals surface area contributed by atoms with Crippen LogP contribution < -0.4 is 4.74 Å². The van der Waals surface area contributed by atoms with Crippen molar-refractivity contribution in [3.8, 4) is 6.01 Å². The van der Waals surface area contributed by atoms with E-state index in [1.54, 1.807) is 0 Å². The summed E-state index contributed by atoms with van der Waals surface area (Å²) in [7, 11) is 0. The highest BCUT2D eigenvalue weighted by atomic mass is 19.1. The second kappa shape index (κ2) is 7.13.